The van der Waals surface area contributed by atoms with Gasteiger partial charge in [0.15, 0.2) is 6.10 Å². The molecule has 66 heavy (non-hydrogen) atoms. The Hall–Kier alpha value is -2.30. The second-order valence-electron chi connectivity index (χ2n) is 18.0. The molecule has 0 radical (unpaired) electrons. The molecule has 0 heterocycles. The van der Waals surface area contributed by atoms with Gasteiger partial charge in [-0.2, -0.15) is 0 Å². The van der Waals surface area contributed by atoms with E-state index in [0.717, 1.165) is 89.9 Å². The Bertz CT molecular complexity index is 1250. The fourth-order valence-corrected chi connectivity index (χ4v) is 8.15. The molecule has 0 aliphatic carbocycles. The van der Waals surface area contributed by atoms with Crippen LogP contribution in [0.4, 0.5) is 0 Å². The van der Waals surface area contributed by atoms with Crippen LogP contribution >= 0.6 is 7.82 Å². The molecule has 12 heteroatoms. The normalized spacial score (nSPS) is 13.7. The molecule has 0 fully saturated rings. The van der Waals surface area contributed by atoms with Crippen LogP contribution in [0.1, 0.15) is 252 Å². The largest absolute Gasteiger partial charge is 0.472 e. The van der Waals surface area contributed by atoms with Gasteiger partial charge in [-0.3, -0.25) is 23.4 Å². The molecule has 0 amide bonds. The van der Waals surface area contributed by atoms with Gasteiger partial charge >= 0.3 is 25.7 Å². The van der Waals surface area contributed by atoms with Crippen LogP contribution in [0.2, 0.25) is 0 Å². The average Bonchev–Trinajstić information content (AvgIpc) is 3.30. The summed E-state index contributed by atoms with van der Waals surface area (Å²) in [4.78, 5) is 48.2. The lowest BCUT2D eigenvalue weighted by Crippen LogP contribution is -2.30. The second kappa shape index (κ2) is 49.1. The topological polar surface area (TPSA) is 155 Å². The molecule has 0 aromatic carbocycles. The third kappa shape index (κ3) is 46.8. The van der Waals surface area contributed by atoms with Crippen LogP contribution in [-0.2, 0) is 42.2 Å². The van der Waals surface area contributed by atoms with Crippen molar-refractivity contribution in [3.05, 3.63) is 36.5 Å². The Balaban J connectivity index is 4.69. The first-order chi connectivity index (χ1) is 32.2. The molecule has 0 aromatic heterocycles. The molecule has 386 valence electrons. The van der Waals surface area contributed by atoms with Gasteiger partial charge in [0.2, 0.25) is 0 Å². The van der Waals surface area contributed by atoms with Crippen LogP contribution in [0.15, 0.2) is 36.5 Å². The number of unbranched alkanes of at least 4 members (excludes halogenated alkanes) is 27. The van der Waals surface area contributed by atoms with Crippen molar-refractivity contribution < 1.29 is 52.2 Å². The maximum Gasteiger partial charge on any atom is 0.472 e. The van der Waals surface area contributed by atoms with Crippen molar-refractivity contribution in [2.75, 3.05) is 26.4 Å². The molecule has 3 atom stereocenters. The fraction of sp³-hybridized carbons (Fsp3) is 0.833. The SMILES string of the molecule is CCCC/C=C\CCCCCCCC(=O)OCC(COP(=O)(O)OCC(CO)OC(=O)CCCCCCCCCCC)OC(=O)CCCCCCCCCCC/C=C\C/C=C\CCCCC. The number of carbonyl (C=O) groups is 3. The summed E-state index contributed by atoms with van der Waals surface area (Å²) in [6, 6.07) is 0. The van der Waals surface area contributed by atoms with Crippen molar-refractivity contribution in [1.82, 2.24) is 0 Å². The quantitative estimate of drug-likeness (QED) is 0.0197. The van der Waals surface area contributed by atoms with Gasteiger partial charge in [-0.15, -0.1) is 0 Å². The van der Waals surface area contributed by atoms with Gasteiger partial charge in [-0.1, -0.05) is 198 Å². The van der Waals surface area contributed by atoms with Gasteiger partial charge in [0.25, 0.3) is 0 Å². The van der Waals surface area contributed by atoms with Gasteiger partial charge in [-0.05, 0) is 70.6 Å². The number of aliphatic hydroxyl groups excluding tert-OH is 1. The molecule has 0 saturated heterocycles. The molecule has 0 aliphatic rings. The fourth-order valence-electron chi connectivity index (χ4n) is 7.37. The highest BCUT2D eigenvalue weighted by Gasteiger charge is 2.28. The van der Waals surface area contributed by atoms with Gasteiger partial charge in [-0.25, -0.2) is 4.57 Å². The minimum absolute atomic E-state index is 0.164. The predicted octanol–water partition coefficient (Wildman–Crippen LogP) is 15.3. The van der Waals surface area contributed by atoms with Crippen LogP contribution in [0, 0.1) is 0 Å². The third-order valence-electron chi connectivity index (χ3n) is 11.5. The first-order valence-electron chi connectivity index (χ1n) is 26.9. The summed E-state index contributed by atoms with van der Waals surface area (Å²) in [6.07, 6.45) is 48.3. The number of phosphoric acid groups is 1. The number of allylic oxidation sites excluding steroid dienone is 6. The summed E-state index contributed by atoms with van der Waals surface area (Å²) in [5.41, 5.74) is 0. The van der Waals surface area contributed by atoms with Crippen LogP contribution < -0.4 is 0 Å². The number of aliphatic hydroxyl groups is 1. The van der Waals surface area contributed by atoms with Crippen LogP contribution in [-0.4, -0.2) is 66.5 Å². The van der Waals surface area contributed by atoms with Crippen molar-refractivity contribution in [3.8, 4) is 0 Å². The first kappa shape index (κ1) is 63.7. The Kier molecular flexibility index (Phi) is 47.4. The minimum Gasteiger partial charge on any atom is -0.462 e. The zero-order chi connectivity index (χ0) is 48.4. The van der Waals surface area contributed by atoms with Gasteiger partial charge in [0.05, 0.1) is 19.8 Å². The zero-order valence-corrected chi connectivity index (χ0v) is 43.3. The van der Waals surface area contributed by atoms with E-state index in [4.69, 9.17) is 23.3 Å². The zero-order valence-electron chi connectivity index (χ0n) is 42.4. The maximum absolute atomic E-state index is 12.9. The predicted molar refractivity (Wildman–Crippen MR) is 270 cm³/mol. The van der Waals surface area contributed by atoms with Crippen molar-refractivity contribution in [3.63, 3.8) is 0 Å². The summed E-state index contributed by atoms with van der Waals surface area (Å²) in [7, 11) is -4.73. The summed E-state index contributed by atoms with van der Waals surface area (Å²) >= 11 is 0. The Morgan fingerprint density at radius 3 is 1.21 bits per heavy atom. The highest BCUT2D eigenvalue weighted by atomic mass is 31.2. The van der Waals surface area contributed by atoms with Crippen molar-refractivity contribution in [1.29, 1.82) is 0 Å². The summed E-state index contributed by atoms with van der Waals surface area (Å²) in [5.74, 6) is -1.47. The average molecular weight is 955 g/mol. The van der Waals surface area contributed by atoms with Crippen LogP contribution in [0.5, 0.6) is 0 Å². The van der Waals surface area contributed by atoms with E-state index in [2.05, 4.69) is 57.2 Å². The van der Waals surface area contributed by atoms with Crippen LogP contribution in [0.3, 0.4) is 0 Å². The molecule has 2 N–H and O–H groups in total. The van der Waals surface area contributed by atoms with Crippen molar-refractivity contribution in [2.24, 2.45) is 0 Å². The van der Waals surface area contributed by atoms with E-state index < -0.39 is 57.8 Å². The number of phosphoric ester groups is 1. The van der Waals surface area contributed by atoms with Gasteiger partial charge in [0, 0.05) is 19.3 Å². The summed E-state index contributed by atoms with van der Waals surface area (Å²) in [6.45, 7) is 4.55. The maximum atomic E-state index is 12.9. The monoisotopic (exact) mass is 955 g/mol. The third-order valence-corrected chi connectivity index (χ3v) is 12.5. The molecule has 0 aromatic rings. The molecule has 0 aliphatic heterocycles. The molecule has 0 saturated carbocycles. The molecular weight excluding hydrogens is 856 g/mol. The van der Waals surface area contributed by atoms with Crippen molar-refractivity contribution in [2.45, 2.75) is 264 Å². The summed E-state index contributed by atoms with van der Waals surface area (Å²) < 4.78 is 39.3. The van der Waals surface area contributed by atoms with E-state index in [-0.39, 0.29) is 25.9 Å². The summed E-state index contributed by atoms with van der Waals surface area (Å²) in [5, 5.41) is 9.74. The van der Waals surface area contributed by atoms with E-state index >= 15 is 0 Å². The van der Waals surface area contributed by atoms with E-state index in [1.54, 1.807) is 0 Å². The molecule has 3 unspecified atom stereocenters. The number of carbonyl (C=O) groups excluding carboxylic acids is 3. The number of hydrogen-bond acceptors (Lipinski definition) is 10. The Morgan fingerprint density at radius 2 is 0.758 bits per heavy atom. The second-order valence-corrected chi connectivity index (χ2v) is 19.5. The van der Waals surface area contributed by atoms with E-state index in [9.17, 15) is 28.9 Å². The molecule has 11 nitrogen and oxygen atoms in total. The van der Waals surface area contributed by atoms with E-state index in [1.165, 1.54) is 103 Å². The highest BCUT2D eigenvalue weighted by Crippen LogP contribution is 2.43. The molecule has 0 rings (SSSR count). The van der Waals surface area contributed by atoms with Crippen molar-refractivity contribution >= 4 is 25.7 Å². The smallest absolute Gasteiger partial charge is 0.462 e. The number of rotatable bonds is 50. The first-order valence-corrected chi connectivity index (χ1v) is 28.4. The van der Waals surface area contributed by atoms with E-state index in [0.29, 0.717) is 19.3 Å². The van der Waals surface area contributed by atoms with Crippen LogP contribution in [0.25, 0.3) is 0 Å². The lowest BCUT2D eigenvalue weighted by atomic mass is 10.1. The lowest BCUT2D eigenvalue weighted by molar-refractivity contribution is -0.161. The lowest BCUT2D eigenvalue weighted by Gasteiger charge is -2.21. The molecule has 0 spiro atoms. The standard InChI is InChI=1S/C54H99O11P/c1-4-7-10-13-16-19-21-22-23-24-25-26-27-28-30-33-36-39-42-45-54(58)65-51(47-61-52(56)43-40-37-34-32-29-20-17-14-11-8-5-2)49-63-66(59,60)62-48-50(46-55)64-53(57)44-41-38-35-31-18-15-12-9-6-3/h14,16-17,19,22-23,50-51,55H,4-13,15,18,20-21,24-49H2,1-3H3,(H,59,60)/b17-14-,19-16-,23-22-. The minimum atomic E-state index is -4.73. The Labute approximate surface area is 403 Å². The molecule has 0 bridgehead atoms. The highest BCUT2D eigenvalue weighted by molar-refractivity contribution is 7.47. The number of esters is 3. The van der Waals surface area contributed by atoms with Gasteiger partial charge in [0.1, 0.15) is 12.7 Å². The van der Waals surface area contributed by atoms with E-state index in [1.807, 2.05) is 0 Å². The Morgan fingerprint density at radius 1 is 0.424 bits per heavy atom. The van der Waals surface area contributed by atoms with Gasteiger partial charge < -0.3 is 24.2 Å². The molecular formula is C54H99O11P. The number of hydrogen-bond donors (Lipinski definition) is 2. The number of ether oxygens (including phenoxy) is 3.